The topological polar surface area (TPSA) is 26.0 Å². The van der Waals surface area contributed by atoms with E-state index in [0.717, 1.165) is 11.3 Å². The molecule has 2 heteroatoms. The summed E-state index contributed by atoms with van der Waals surface area (Å²) >= 11 is 0. The fourth-order valence-electron chi connectivity index (χ4n) is 0.855. The van der Waals surface area contributed by atoms with Crippen LogP contribution in [0.15, 0.2) is 10.8 Å². The third-order valence-electron chi connectivity index (χ3n) is 1.33. The van der Waals surface area contributed by atoms with E-state index in [2.05, 4.69) is 19.0 Å². The highest BCUT2D eigenvalue weighted by Gasteiger charge is 2.05. The van der Waals surface area contributed by atoms with Gasteiger partial charge in [0.2, 0.25) is 0 Å². The fraction of sp³-hybridized carbons (Fsp3) is 0.571. The molecule has 0 aromatic carbocycles. The largest absolute Gasteiger partial charge is 0.364 e. The predicted molar refractivity (Wildman–Crippen MR) is 35.3 cm³/mol. The Morgan fingerprint density at radius 2 is 2.22 bits per heavy atom. The highest BCUT2D eigenvalue weighted by molar-refractivity contribution is 5.14. The average molecular weight is 125 g/mol. The minimum Gasteiger partial charge on any atom is -0.364 e. The minimum atomic E-state index is 0.476. The number of aromatic nitrogens is 1. The Morgan fingerprint density at radius 1 is 1.56 bits per heavy atom. The molecule has 0 bridgehead atoms. The highest BCUT2D eigenvalue weighted by atomic mass is 16.5. The monoisotopic (exact) mass is 125 g/mol. The molecule has 0 unspecified atom stereocenters. The predicted octanol–water partition coefficient (Wildman–Crippen LogP) is 2.11. The minimum absolute atomic E-state index is 0.476. The van der Waals surface area contributed by atoms with Crippen LogP contribution < -0.4 is 0 Å². The lowest BCUT2D eigenvalue weighted by molar-refractivity contribution is 0.408. The molecule has 1 aromatic rings. The molecule has 1 aromatic heterocycles. The van der Waals surface area contributed by atoms with Gasteiger partial charge in [-0.15, -0.1) is 0 Å². The maximum absolute atomic E-state index is 4.76. The lowest BCUT2D eigenvalue weighted by atomic mass is 10.1. The molecular formula is C7H11NO. The summed E-state index contributed by atoms with van der Waals surface area (Å²) in [5, 5.41) is 3.84. The van der Waals surface area contributed by atoms with Crippen LogP contribution in [0.2, 0.25) is 0 Å². The van der Waals surface area contributed by atoms with Crippen molar-refractivity contribution < 1.29 is 4.52 Å². The van der Waals surface area contributed by atoms with Gasteiger partial charge in [0.15, 0.2) is 0 Å². The molecule has 0 N–H and O–H groups in total. The second kappa shape index (κ2) is 2.21. The van der Waals surface area contributed by atoms with Gasteiger partial charge >= 0.3 is 0 Å². The molecule has 0 saturated heterocycles. The van der Waals surface area contributed by atoms with Crippen LogP contribution in [0.5, 0.6) is 0 Å². The average Bonchev–Trinajstić information content (AvgIpc) is 2.13. The molecule has 0 fully saturated rings. The van der Waals surface area contributed by atoms with Crippen LogP contribution in [0.25, 0.3) is 0 Å². The van der Waals surface area contributed by atoms with E-state index in [0.29, 0.717) is 5.92 Å². The van der Waals surface area contributed by atoms with Gasteiger partial charge in [-0.25, -0.2) is 0 Å². The van der Waals surface area contributed by atoms with Gasteiger partial charge in [-0.2, -0.15) is 0 Å². The van der Waals surface area contributed by atoms with E-state index in [1.54, 1.807) is 6.26 Å². The molecule has 0 aliphatic rings. The zero-order valence-electron chi connectivity index (χ0n) is 6.01. The van der Waals surface area contributed by atoms with Crippen molar-refractivity contribution >= 4 is 0 Å². The van der Waals surface area contributed by atoms with Crippen LogP contribution in [0.1, 0.15) is 31.0 Å². The number of rotatable bonds is 1. The maximum Gasteiger partial charge on any atom is 0.127 e. The van der Waals surface area contributed by atoms with Crippen molar-refractivity contribution in [1.82, 2.24) is 5.16 Å². The van der Waals surface area contributed by atoms with E-state index >= 15 is 0 Å². The van der Waals surface area contributed by atoms with Crippen molar-refractivity contribution in [3.63, 3.8) is 0 Å². The second-order valence-electron chi connectivity index (χ2n) is 2.54. The number of hydrogen-bond acceptors (Lipinski definition) is 2. The van der Waals surface area contributed by atoms with Crippen LogP contribution in [-0.4, -0.2) is 5.16 Å². The summed E-state index contributed by atoms with van der Waals surface area (Å²) in [5.74, 6) is 0.476. The van der Waals surface area contributed by atoms with Crippen LogP contribution in [0.3, 0.4) is 0 Å². The first-order valence-corrected chi connectivity index (χ1v) is 3.12. The lowest BCUT2D eigenvalue weighted by Crippen LogP contribution is -1.88. The molecule has 0 amide bonds. The third-order valence-corrected chi connectivity index (χ3v) is 1.33. The van der Waals surface area contributed by atoms with Crippen molar-refractivity contribution in [3.8, 4) is 0 Å². The smallest absolute Gasteiger partial charge is 0.127 e. The second-order valence-corrected chi connectivity index (χ2v) is 2.54. The fourth-order valence-corrected chi connectivity index (χ4v) is 0.855. The zero-order chi connectivity index (χ0) is 6.85. The Kier molecular flexibility index (Phi) is 1.56. The standard InChI is InChI=1S/C7H11NO/c1-5(2)7-6(3)4-9-8-7/h4-5H,1-3H3. The van der Waals surface area contributed by atoms with Gasteiger partial charge in [0.05, 0.1) is 5.69 Å². The summed E-state index contributed by atoms with van der Waals surface area (Å²) in [5.41, 5.74) is 2.21. The van der Waals surface area contributed by atoms with Gasteiger partial charge < -0.3 is 4.52 Å². The van der Waals surface area contributed by atoms with Gasteiger partial charge in [0.25, 0.3) is 0 Å². The summed E-state index contributed by atoms with van der Waals surface area (Å²) in [6, 6.07) is 0. The summed E-state index contributed by atoms with van der Waals surface area (Å²) in [4.78, 5) is 0. The summed E-state index contributed by atoms with van der Waals surface area (Å²) < 4.78 is 4.76. The number of aryl methyl sites for hydroxylation is 1. The molecule has 0 aliphatic heterocycles. The first-order chi connectivity index (χ1) is 4.22. The lowest BCUT2D eigenvalue weighted by Gasteiger charge is -1.96. The SMILES string of the molecule is Cc1conc1C(C)C. The maximum atomic E-state index is 4.76. The van der Waals surface area contributed by atoms with E-state index in [1.165, 1.54) is 0 Å². The van der Waals surface area contributed by atoms with Crippen LogP contribution >= 0.6 is 0 Å². The molecular weight excluding hydrogens is 114 g/mol. The number of nitrogens with zero attached hydrogens (tertiary/aromatic N) is 1. The Bertz CT molecular complexity index is 191. The molecule has 0 spiro atoms. The number of hydrogen-bond donors (Lipinski definition) is 0. The molecule has 9 heavy (non-hydrogen) atoms. The molecule has 1 rings (SSSR count). The first kappa shape index (κ1) is 6.33. The van der Waals surface area contributed by atoms with Crippen LogP contribution in [0, 0.1) is 6.92 Å². The Morgan fingerprint density at radius 3 is 2.44 bits per heavy atom. The Balaban J connectivity index is 2.94. The molecule has 0 radical (unpaired) electrons. The van der Waals surface area contributed by atoms with Crippen molar-refractivity contribution in [2.45, 2.75) is 26.7 Å². The van der Waals surface area contributed by atoms with Crippen molar-refractivity contribution in [2.75, 3.05) is 0 Å². The first-order valence-electron chi connectivity index (χ1n) is 3.12. The zero-order valence-corrected chi connectivity index (χ0v) is 6.01. The van der Waals surface area contributed by atoms with E-state index in [1.807, 2.05) is 6.92 Å². The van der Waals surface area contributed by atoms with Gasteiger partial charge in [-0.3, -0.25) is 0 Å². The van der Waals surface area contributed by atoms with E-state index in [4.69, 9.17) is 4.52 Å². The van der Waals surface area contributed by atoms with Gasteiger partial charge in [-0.05, 0) is 12.8 Å². The summed E-state index contributed by atoms with van der Waals surface area (Å²) in [6.07, 6.45) is 1.68. The van der Waals surface area contributed by atoms with Gasteiger partial charge in [-0.1, -0.05) is 19.0 Å². The van der Waals surface area contributed by atoms with Gasteiger partial charge in [0, 0.05) is 5.56 Å². The summed E-state index contributed by atoms with van der Waals surface area (Å²) in [7, 11) is 0. The quantitative estimate of drug-likeness (QED) is 0.574. The van der Waals surface area contributed by atoms with Gasteiger partial charge in [0.1, 0.15) is 6.26 Å². The molecule has 2 nitrogen and oxygen atoms in total. The van der Waals surface area contributed by atoms with Crippen molar-refractivity contribution in [1.29, 1.82) is 0 Å². The third kappa shape index (κ3) is 1.12. The normalized spacial score (nSPS) is 10.7. The highest BCUT2D eigenvalue weighted by Crippen LogP contribution is 2.15. The van der Waals surface area contributed by atoms with Crippen molar-refractivity contribution in [3.05, 3.63) is 17.5 Å². The van der Waals surface area contributed by atoms with E-state index < -0.39 is 0 Å². The molecule has 0 atom stereocenters. The Hall–Kier alpha value is -0.790. The summed E-state index contributed by atoms with van der Waals surface area (Å²) in [6.45, 7) is 6.21. The Labute approximate surface area is 54.9 Å². The van der Waals surface area contributed by atoms with E-state index in [-0.39, 0.29) is 0 Å². The van der Waals surface area contributed by atoms with Crippen LogP contribution in [0.4, 0.5) is 0 Å². The molecule has 0 saturated carbocycles. The molecule has 0 aliphatic carbocycles. The molecule has 1 heterocycles. The van der Waals surface area contributed by atoms with Crippen molar-refractivity contribution in [2.24, 2.45) is 0 Å². The van der Waals surface area contributed by atoms with E-state index in [9.17, 15) is 0 Å². The molecule has 50 valence electrons. The van der Waals surface area contributed by atoms with Crippen LogP contribution in [-0.2, 0) is 0 Å².